The second kappa shape index (κ2) is 5.78. The van der Waals surface area contributed by atoms with Gasteiger partial charge in [0, 0.05) is 29.7 Å². The van der Waals surface area contributed by atoms with Crippen molar-refractivity contribution in [2.24, 2.45) is 0 Å². The number of nitrogens with two attached hydrogens (primary N) is 1. The SMILES string of the molecule is Cc1nc(N)nc(N2CCC(n3ncc4ccccc43)CC2)c1C. The largest absolute Gasteiger partial charge is 0.368 e. The molecule has 124 valence electrons. The first-order valence-corrected chi connectivity index (χ1v) is 8.41. The summed E-state index contributed by atoms with van der Waals surface area (Å²) in [6.45, 7) is 5.96. The smallest absolute Gasteiger partial charge is 0.222 e. The summed E-state index contributed by atoms with van der Waals surface area (Å²) in [6, 6.07) is 8.83. The minimum absolute atomic E-state index is 0.355. The van der Waals surface area contributed by atoms with Gasteiger partial charge in [-0.2, -0.15) is 10.1 Å². The summed E-state index contributed by atoms with van der Waals surface area (Å²) in [5, 5.41) is 5.82. The maximum atomic E-state index is 5.84. The summed E-state index contributed by atoms with van der Waals surface area (Å²) in [7, 11) is 0. The summed E-state index contributed by atoms with van der Waals surface area (Å²) in [4.78, 5) is 11.0. The second-order valence-corrected chi connectivity index (χ2v) is 6.48. The molecule has 0 unspecified atom stereocenters. The van der Waals surface area contributed by atoms with Crippen molar-refractivity contribution in [1.29, 1.82) is 0 Å². The van der Waals surface area contributed by atoms with Crippen molar-refractivity contribution >= 4 is 22.7 Å². The lowest BCUT2D eigenvalue weighted by atomic mass is 10.0. The average Bonchev–Trinajstić information content (AvgIpc) is 3.02. The third-order valence-electron chi connectivity index (χ3n) is 5.00. The number of para-hydroxylation sites is 1. The van der Waals surface area contributed by atoms with E-state index in [1.807, 2.05) is 13.1 Å². The number of nitrogen functional groups attached to an aromatic ring is 1. The average molecular weight is 322 g/mol. The van der Waals surface area contributed by atoms with Gasteiger partial charge < -0.3 is 10.6 Å². The molecule has 6 nitrogen and oxygen atoms in total. The number of benzene rings is 1. The lowest BCUT2D eigenvalue weighted by Crippen LogP contribution is -2.36. The van der Waals surface area contributed by atoms with Crippen LogP contribution >= 0.6 is 0 Å². The van der Waals surface area contributed by atoms with Gasteiger partial charge in [0.1, 0.15) is 5.82 Å². The first kappa shape index (κ1) is 14.9. The van der Waals surface area contributed by atoms with Crippen LogP contribution in [0.5, 0.6) is 0 Å². The number of aromatic nitrogens is 4. The van der Waals surface area contributed by atoms with Crippen LogP contribution in [-0.4, -0.2) is 32.8 Å². The van der Waals surface area contributed by atoms with Crippen molar-refractivity contribution in [2.45, 2.75) is 32.7 Å². The monoisotopic (exact) mass is 322 g/mol. The summed E-state index contributed by atoms with van der Waals surface area (Å²) in [5.41, 5.74) is 9.13. The van der Waals surface area contributed by atoms with E-state index in [1.165, 1.54) is 10.9 Å². The number of nitrogens with zero attached hydrogens (tertiary/aromatic N) is 5. The van der Waals surface area contributed by atoms with Crippen molar-refractivity contribution in [3.8, 4) is 0 Å². The van der Waals surface area contributed by atoms with Gasteiger partial charge in [-0.1, -0.05) is 18.2 Å². The highest BCUT2D eigenvalue weighted by Gasteiger charge is 2.24. The number of hydrogen-bond donors (Lipinski definition) is 1. The molecule has 4 rings (SSSR count). The third-order valence-corrected chi connectivity index (χ3v) is 5.00. The zero-order valence-corrected chi connectivity index (χ0v) is 14.1. The van der Waals surface area contributed by atoms with Gasteiger partial charge in [-0.25, -0.2) is 4.98 Å². The highest BCUT2D eigenvalue weighted by atomic mass is 15.3. The van der Waals surface area contributed by atoms with Gasteiger partial charge >= 0.3 is 0 Å². The summed E-state index contributed by atoms with van der Waals surface area (Å²) in [6.07, 6.45) is 4.06. The maximum Gasteiger partial charge on any atom is 0.222 e. The number of anilines is 2. The zero-order valence-electron chi connectivity index (χ0n) is 14.1. The molecule has 0 atom stereocenters. The van der Waals surface area contributed by atoms with Gasteiger partial charge in [-0.15, -0.1) is 0 Å². The Labute approximate surface area is 141 Å². The lowest BCUT2D eigenvalue weighted by molar-refractivity contribution is 0.375. The van der Waals surface area contributed by atoms with Gasteiger partial charge in [0.15, 0.2) is 0 Å². The molecule has 2 N–H and O–H groups in total. The van der Waals surface area contributed by atoms with Gasteiger partial charge in [-0.3, -0.25) is 4.68 Å². The van der Waals surface area contributed by atoms with Crippen LogP contribution in [0.25, 0.3) is 10.9 Å². The predicted molar refractivity (Wildman–Crippen MR) is 96.1 cm³/mol. The van der Waals surface area contributed by atoms with E-state index in [2.05, 4.69) is 55.8 Å². The molecule has 3 aromatic rings. The van der Waals surface area contributed by atoms with E-state index in [1.54, 1.807) is 0 Å². The van der Waals surface area contributed by atoms with E-state index in [-0.39, 0.29) is 0 Å². The van der Waals surface area contributed by atoms with Crippen LogP contribution < -0.4 is 10.6 Å². The highest BCUT2D eigenvalue weighted by Crippen LogP contribution is 2.30. The van der Waals surface area contributed by atoms with E-state index in [4.69, 9.17) is 5.73 Å². The number of aryl methyl sites for hydroxylation is 1. The summed E-state index contributed by atoms with van der Waals surface area (Å²) < 4.78 is 2.18. The van der Waals surface area contributed by atoms with Crippen LogP contribution in [0.15, 0.2) is 30.5 Å². The molecular formula is C18H22N6. The van der Waals surface area contributed by atoms with Crippen molar-refractivity contribution < 1.29 is 0 Å². The number of fused-ring (bicyclic) bond motifs is 1. The number of rotatable bonds is 2. The van der Waals surface area contributed by atoms with E-state index >= 15 is 0 Å². The normalized spacial score (nSPS) is 16.0. The first-order chi connectivity index (χ1) is 11.6. The van der Waals surface area contributed by atoms with E-state index in [0.29, 0.717) is 12.0 Å². The quantitative estimate of drug-likeness (QED) is 0.785. The Morgan fingerprint density at radius 3 is 2.62 bits per heavy atom. The molecule has 3 heterocycles. The molecule has 24 heavy (non-hydrogen) atoms. The molecule has 0 saturated carbocycles. The van der Waals surface area contributed by atoms with E-state index in [0.717, 1.165) is 43.0 Å². The molecule has 1 saturated heterocycles. The molecule has 6 heteroatoms. The zero-order chi connectivity index (χ0) is 16.7. The molecule has 1 aromatic carbocycles. The Bertz CT molecular complexity index is 876. The Kier molecular flexibility index (Phi) is 3.59. The Hall–Kier alpha value is -2.63. The fourth-order valence-electron chi connectivity index (χ4n) is 3.55. The van der Waals surface area contributed by atoms with Crippen molar-refractivity contribution in [3.63, 3.8) is 0 Å². The Morgan fingerprint density at radius 1 is 1.08 bits per heavy atom. The van der Waals surface area contributed by atoms with Crippen molar-refractivity contribution in [2.75, 3.05) is 23.7 Å². The maximum absolute atomic E-state index is 5.84. The minimum atomic E-state index is 0.355. The van der Waals surface area contributed by atoms with Crippen molar-refractivity contribution in [3.05, 3.63) is 41.7 Å². The highest BCUT2D eigenvalue weighted by molar-refractivity contribution is 5.78. The van der Waals surface area contributed by atoms with Crippen LogP contribution in [0.4, 0.5) is 11.8 Å². The van der Waals surface area contributed by atoms with E-state index < -0.39 is 0 Å². The molecular weight excluding hydrogens is 300 g/mol. The molecule has 1 aliphatic rings. The Balaban J connectivity index is 1.55. The van der Waals surface area contributed by atoms with Crippen LogP contribution in [-0.2, 0) is 0 Å². The fraction of sp³-hybridized carbons (Fsp3) is 0.389. The van der Waals surface area contributed by atoms with Crippen molar-refractivity contribution in [1.82, 2.24) is 19.7 Å². The van der Waals surface area contributed by atoms with Crippen LogP contribution in [0.3, 0.4) is 0 Å². The van der Waals surface area contributed by atoms with Gasteiger partial charge in [0.2, 0.25) is 5.95 Å². The molecule has 0 aliphatic carbocycles. The second-order valence-electron chi connectivity index (χ2n) is 6.48. The first-order valence-electron chi connectivity index (χ1n) is 8.41. The van der Waals surface area contributed by atoms with Gasteiger partial charge in [0.25, 0.3) is 0 Å². The molecule has 0 radical (unpaired) electrons. The molecule has 0 spiro atoms. The third kappa shape index (κ3) is 2.48. The van der Waals surface area contributed by atoms with Crippen LogP contribution in [0.1, 0.15) is 30.1 Å². The minimum Gasteiger partial charge on any atom is -0.368 e. The standard InChI is InChI=1S/C18H22N6/c1-12-13(2)21-18(19)22-17(12)23-9-7-15(8-10-23)24-16-6-4-3-5-14(16)11-20-24/h3-6,11,15H,7-10H2,1-2H3,(H2,19,21,22). The van der Waals surface area contributed by atoms with Crippen LogP contribution in [0, 0.1) is 13.8 Å². The molecule has 2 aromatic heterocycles. The van der Waals surface area contributed by atoms with E-state index in [9.17, 15) is 0 Å². The molecule has 1 aliphatic heterocycles. The number of hydrogen-bond acceptors (Lipinski definition) is 5. The fourth-order valence-corrected chi connectivity index (χ4v) is 3.55. The number of piperidine rings is 1. The van der Waals surface area contributed by atoms with Gasteiger partial charge in [0.05, 0.1) is 17.8 Å². The molecule has 1 fully saturated rings. The lowest BCUT2D eigenvalue weighted by Gasteiger charge is -2.34. The molecule has 0 amide bonds. The topological polar surface area (TPSA) is 72.9 Å². The Morgan fingerprint density at radius 2 is 1.83 bits per heavy atom. The summed E-state index contributed by atoms with van der Waals surface area (Å²) in [5.74, 6) is 1.33. The van der Waals surface area contributed by atoms with Gasteiger partial charge in [-0.05, 0) is 32.8 Å². The molecule has 0 bridgehead atoms. The summed E-state index contributed by atoms with van der Waals surface area (Å²) >= 11 is 0. The predicted octanol–water partition coefficient (Wildman–Crippen LogP) is 2.87. The van der Waals surface area contributed by atoms with Crippen LogP contribution in [0.2, 0.25) is 0 Å².